The molecule has 1 aliphatic heterocycles. The van der Waals surface area contributed by atoms with Gasteiger partial charge in [0.2, 0.25) is 0 Å². The van der Waals surface area contributed by atoms with Crippen LogP contribution in [0.4, 0.5) is 15.8 Å². The van der Waals surface area contributed by atoms with Crippen LogP contribution in [0.2, 0.25) is 0 Å². The van der Waals surface area contributed by atoms with Crippen molar-refractivity contribution >= 4 is 21.4 Å². The molecular weight excluding hydrogens is 359 g/mol. The molecule has 0 aromatic heterocycles. The maximum absolute atomic E-state index is 14.2. The molecule has 140 valence electrons. The SMILES string of the molecule is COc1ccc(S(=O)(=O)Nc2cc(N3CCOCC3)ccc2F)c(C)c1. The molecule has 0 atom stereocenters. The molecule has 26 heavy (non-hydrogen) atoms. The first-order valence-electron chi connectivity index (χ1n) is 8.20. The lowest BCUT2D eigenvalue weighted by Gasteiger charge is -2.29. The van der Waals surface area contributed by atoms with Gasteiger partial charge in [-0.2, -0.15) is 0 Å². The standard InChI is InChI=1S/C18H21FN2O4S/c1-13-11-15(24-2)4-6-18(13)26(22,23)20-17-12-14(3-5-16(17)19)21-7-9-25-10-8-21/h3-6,11-12,20H,7-10H2,1-2H3. The Labute approximate surface area is 152 Å². The van der Waals surface area contributed by atoms with E-state index in [4.69, 9.17) is 9.47 Å². The van der Waals surface area contributed by atoms with Crippen LogP contribution in [-0.2, 0) is 14.8 Å². The molecule has 1 fully saturated rings. The third-order valence-electron chi connectivity index (χ3n) is 4.24. The van der Waals surface area contributed by atoms with Crippen LogP contribution in [0.25, 0.3) is 0 Å². The van der Waals surface area contributed by atoms with Gasteiger partial charge in [-0.3, -0.25) is 4.72 Å². The lowest BCUT2D eigenvalue weighted by molar-refractivity contribution is 0.122. The number of benzene rings is 2. The zero-order valence-electron chi connectivity index (χ0n) is 14.7. The maximum Gasteiger partial charge on any atom is 0.262 e. The summed E-state index contributed by atoms with van der Waals surface area (Å²) in [7, 11) is -2.42. The highest BCUT2D eigenvalue weighted by atomic mass is 32.2. The first kappa shape index (κ1) is 18.5. The smallest absolute Gasteiger partial charge is 0.262 e. The van der Waals surface area contributed by atoms with Crippen LogP contribution in [-0.4, -0.2) is 41.8 Å². The number of nitrogens with zero attached hydrogens (tertiary/aromatic N) is 1. The fourth-order valence-corrected chi connectivity index (χ4v) is 4.15. The van der Waals surface area contributed by atoms with Gasteiger partial charge >= 0.3 is 0 Å². The molecular formula is C18H21FN2O4S. The van der Waals surface area contributed by atoms with Crippen molar-refractivity contribution in [3.8, 4) is 5.75 Å². The van der Waals surface area contributed by atoms with Crippen LogP contribution >= 0.6 is 0 Å². The van der Waals surface area contributed by atoms with Crippen molar-refractivity contribution in [1.29, 1.82) is 0 Å². The zero-order chi connectivity index (χ0) is 18.7. The number of hydrogen-bond donors (Lipinski definition) is 1. The van der Waals surface area contributed by atoms with E-state index in [1.165, 1.54) is 25.3 Å². The molecule has 8 heteroatoms. The Morgan fingerprint density at radius 3 is 2.54 bits per heavy atom. The molecule has 0 unspecified atom stereocenters. The number of halogens is 1. The average Bonchev–Trinajstić information content (AvgIpc) is 2.63. The largest absolute Gasteiger partial charge is 0.497 e. The number of sulfonamides is 1. The summed E-state index contributed by atoms with van der Waals surface area (Å²) in [5.74, 6) is -0.0707. The van der Waals surface area contributed by atoms with E-state index in [0.717, 1.165) is 5.69 Å². The number of hydrogen-bond acceptors (Lipinski definition) is 5. The Morgan fingerprint density at radius 2 is 1.88 bits per heavy atom. The second-order valence-electron chi connectivity index (χ2n) is 6.00. The van der Waals surface area contributed by atoms with Crippen LogP contribution in [0, 0.1) is 12.7 Å². The van der Waals surface area contributed by atoms with Crippen molar-refractivity contribution in [2.24, 2.45) is 0 Å². The molecule has 2 aromatic rings. The quantitative estimate of drug-likeness (QED) is 0.864. The van der Waals surface area contributed by atoms with Gasteiger partial charge < -0.3 is 14.4 Å². The minimum Gasteiger partial charge on any atom is -0.497 e. The third-order valence-corrected chi connectivity index (χ3v) is 5.77. The van der Waals surface area contributed by atoms with Gasteiger partial charge in [0.1, 0.15) is 11.6 Å². The van der Waals surface area contributed by atoms with E-state index in [1.807, 2.05) is 4.90 Å². The minimum atomic E-state index is -3.93. The third kappa shape index (κ3) is 3.91. The minimum absolute atomic E-state index is 0.0782. The molecule has 0 spiro atoms. The highest BCUT2D eigenvalue weighted by Crippen LogP contribution is 2.27. The zero-order valence-corrected chi connectivity index (χ0v) is 15.5. The number of aryl methyl sites for hydroxylation is 1. The van der Waals surface area contributed by atoms with Crippen molar-refractivity contribution in [2.75, 3.05) is 43.0 Å². The van der Waals surface area contributed by atoms with E-state index < -0.39 is 15.8 Å². The normalized spacial score (nSPS) is 15.0. The molecule has 0 bridgehead atoms. The summed E-state index contributed by atoms with van der Waals surface area (Å²) in [4.78, 5) is 2.11. The van der Waals surface area contributed by atoms with E-state index in [9.17, 15) is 12.8 Å². The Hall–Kier alpha value is -2.32. The first-order chi connectivity index (χ1) is 12.4. The summed E-state index contributed by atoms with van der Waals surface area (Å²) >= 11 is 0. The van der Waals surface area contributed by atoms with Gasteiger partial charge in [-0.25, -0.2) is 12.8 Å². The molecule has 0 saturated carbocycles. The maximum atomic E-state index is 14.2. The van der Waals surface area contributed by atoms with Crippen molar-refractivity contribution < 1.29 is 22.3 Å². The molecule has 3 rings (SSSR count). The van der Waals surface area contributed by atoms with Crippen LogP contribution in [0.1, 0.15) is 5.56 Å². The van der Waals surface area contributed by atoms with Crippen LogP contribution in [0.3, 0.4) is 0 Å². The Kier molecular flexibility index (Phi) is 5.33. The molecule has 6 nitrogen and oxygen atoms in total. The van der Waals surface area contributed by atoms with Crippen LogP contribution < -0.4 is 14.4 Å². The van der Waals surface area contributed by atoms with Gasteiger partial charge in [-0.1, -0.05) is 0 Å². The molecule has 0 aliphatic carbocycles. The van der Waals surface area contributed by atoms with Gasteiger partial charge in [0.15, 0.2) is 0 Å². The van der Waals surface area contributed by atoms with Gasteiger partial charge in [0, 0.05) is 18.8 Å². The van der Waals surface area contributed by atoms with Crippen molar-refractivity contribution in [2.45, 2.75) is 11.8 Å². The summed E-state index contributed by atoms with van der Waals surface area (Å²) in [6.45, 7) is 4.19. The summed E-state index contributed by atoms with van der Waals surface area (Å²) in [5.41, 5.74) is 1.18. The molecule has 0 radical (unpaired) electrons. The Morgan fingerprint density at radius 1 is 1.15 bits per heavy atom. The van der Waals surface area contributed by atoms with E-state index in [2.05, 4.69) is 4.72 Å². The van der Waals surface area contributed by atoms with E-state index >= 15 is 0 Å². The molecule has 2 aromatic carbocycles. The number of ether oxygens (including phenoxy) is 2. The van der Waals surface area contributed by atoms with Gasteiger partial charge in [0.05, 0.1) is 30.9 Å². The number of methoxy groups -OCH3 is 1. The Bertz CT molecular complexity index is 896. The molecule has 0 amide bonds. The van der Waals surface area contributed by atoms with Crippen LogP contribution in [0.15, 0.2) is 41.3 Å². The number of morpholine rings is 1. The second-order valence-corrected chi connectivity index (χ2v) is 7.65. The fraction of sp³-hybridized carbons (Fsp3) is 0.333. The summed E-state index contributed by atoms with van der Waals surface area (Å²) in [5, 5.41) is 0. The van der Waals surface area contributed by atoms with Gasteiger partial charge in [-0.15, -0.1) is 0 Å². The number of anilines is 2. The number of nitrogens with one attached hydrogen (secondary N) is 1. The van der Waals surface area contributed by atoms with E-state index in [0.29, 0.717) is 37.6 Å². The molecule has 1 saturated heterocycles. The van der Waals surface area contributed by atoms with Gasteiger partial charge in [-0.05, 0) is 48.9 Å². The fourth-order valence-electron chi connectivity index (χ4n) is 2.86. The van der Waals surface area contributed by atoms with Crippen molar-refractivity contribution in [3.63, 3.8) is 0 Å². The highest BCUT2D eigenvalue weighted by Gasteiger charge is 2.20. The summed E-state index contributed by atoms with van der Waals surface area (Å²) < 4.78 is 52.4. The first-order valence-corrected chi connectivity index (χ1v) is 9.69. The average molecular weight is 380 g/mol. The lowest BCUT2D eigenvalue weighted by atomic mass is 10.2. The predicted molar refractivity (Wildman–Crippen MR) is 98.0 cm³/mol. The predicted octanol–water partition coefficient (Wildman–Crippen LogP) is 2.78. The van der Waals surface area contributed by atoms with Gasteiger partial charge in [0.25, 0.3) is 10.0 Å². The van der Waals surface area contributed by atoms with Crippen LogP contribution in [0.5, 0.6) is 5.75 Å². The van der Waals surface area contributed by atoms with E-state index in [1.54, 1.807) is 25.1 Å². The Balaban J connectivity index is 1.89. The molecule has 1 aliphatic rings. The number of rotatable bonds is 5. The van der Waals surface area contributed by atoms with Crippen molar-refractivity contribution in [1.82, 2.24) is 0 Å². The monoisotopic (exact) mass is 380 g/mol. The molecule has 1 heterocycles. The summed E-state index contributed by atoms with van der Waals surface area (Å²) in [6.07, 6.45) is 0. The highest BCUT2D eigenvalue weighted by molar-refractivity contribution is 7.92. The van der Waals surface area contributed by atoms with E-state index in [-0.39, 0.29) is 10.6 Å². The lowest BCUT2D eigenvalue weighted by Crippen LogP contribution is -2.36. The summed E-state index contributed by atoms with van der Waals surface area (Å²) in [6, 6.07) is 9.04. The topological polar surface area (TPSA) is 67.9 Å². The molecule has 1 N–H and O–H groups in total. The van der Waals surface area contributed by atoms with Crippen molar-refractivity contribution in [3.05, 3.63) is 47.8 Å². The second kappa shape index (κ2) is 7.51.